The Hall–Kier alpha value is -0.580. The predicted octanol–water partition coefficient (Wildman–Crippen LogP) is 3.70. The molecule has 0 aromatic heterocycles. The first-order chi connectivity index (χ1) is 9.04. The largest absolute Gasteiger partial charge is 0.354 e. The van der Waals surface area contributed by atoms with Crippen LogP contribution < -0.4 is 0 Å². The minimum atomic E-state index is -0.293. The molecule has 2 rings (SSSR count). The van der Waals surface area contributed by atoms with Crippen molar-refractivity contribution in [2.24, 2.45) is 0 Å². The highest BCUT2D eigenvalue weighted by Gasteiger charge is 2.41. The number of hydrogen-bond donors (Lipinski definition) is 0. The minimum Gasteiger partial charge on any atom is -0.354 e. The van der Waals surface area contributed by atoms with Crippen molar-refractivity contribution in [1.29, 1.82) is 0 Å². The molecule has 0 radical (unpaired) electrons. The Labute approximate surface area is 125 Å². The molecule has 0 aliphatic carbocycles. The molecule has 1 atom stereocenters. The van der Waals surface area contributed by atoms with Crippen LogP contribution in [0.3, 0.4) is 0 Å². The fraction of sp³-hybridized carbons (Fsp3) is 0.533. The van der Waals surface area contributed by atoms with Gasteiger partial charge in [-0.1, -0.05) is 61.2 Å². The topological polar surface area (TPSA) is 12.5 Å². The predicted molar refractivity (Wildman–Crippen MR) is 86.5 cm³/mol. The van der Waals surface area contributed by atoms with Crippen LogP contribution in [-0.4, -0.2) is 33.3 Å². The molecule has 1 fully saturated rings. The molecule has 104 valence electrons. The second-order valence-electron chi connectivity index (χ2n) is 5.17. The summed E-state index contributed by atoms with van der Waals surface area (Å²) in [5, 5.41) is 0. The highest BCUT2D eigenvalue weighted by Crippen LogP contribution is 2.32. The summed E-state index contributed by atoms with van der Waals surface area (Å²) < 4.78 is 6.88. The van der Waals surface area contributed by atoms with E-state index in [9.17, 15) is 0 Å². The van der Waals surface area contributed by atoms with Gasteiger partial charge < -0.3 is 9.64 Å². The van der Waals surface area contributed by atoms with Gasteiger partial charge in [0.1, 0.15) is 10.0 Å². The number of hydrogen-bond acceptors (Lipinski definition) is 3. The maximum Gasteiger partial charge on any atom is 0.138 e. The first kappa shape index (κ1) is 14.8. The van der Waals surface area contributed by atoms with E-state index in [1.165, 1.54) is 5.56 Å². The fourth-order valence-corrected chi connectivity index (χ4v) is 3.96. The number of rotatable bonds is 3. The summed E-state index contributed by atoms with van der Waals surface area (Å²) >= 11 is 7.29. The van der Waals surface area contributed by atoms with Crippen LogP contribution in [0.15, 0.2) is 30.3 Å². The third kappa shape index (κ3) is 3.50. The van der Waals surface area contributed by atoms with Gasteiger partial charge in [-0.3, -0.25) is 0 Å². The molecule has 0 saturated carbocycles. The van der Waals surface area contributed by atoms with Crippen LogP contribution in [0.4, 0.5) is 0 Å². The number of nitrogens with zero attached hydrogens (tertiary/aromatic N) is 1. The second kappa shape index (κ2) is 6.25. The smallest absolute Gasteiger partial charge is 0.138 e. The Kier molecular flexibility index (Phi) is 4.87. The first-order valence-electron chi connectivity index (χ1n) is 6.68. The highest BCUT2D eigenvalue weighted by atomic mass is 32.2. The molecule has 1 heterocycles. The van der Waals surface area contributed by atoms with Gasteiger partial charge in [-0.25, -0.2) is 0 Å². The highest BCUT2D eigenvalue weighted by molar-refractivity contribution is 8.22. The van der Waals surface area contributed by atoms with Crippen LogP contribution in [0.5, 0.6) is 0 Å². The van der Waals surface area contributed by atoms with Gasteiger partial charge in [0, 0.05) is 0 Å². The summed E-state index contributed by atoms with van der Waals surface area (Å²) in [4.78, 5) is 2.27. The Morgan fingerprint density at radius 1 is 1.42 bits per heavy atom. The van der Waals surface area contributed by atoms with E-state index in [1.54, 1.807) is 11.8 Å². The van der Waals surface area contributed by atoms with Crippen molar-refractivity contribution >= 4 is 28.3 Å². The lowest BCUT2D eigenvalue weighted by molar-refractivity contribution is -0.0197. The first-order valence-corrected chi connectivity index (χ1v) is 8.08. The average molecular weight is 295 g/mol. The van der Waals surface area contributed by atoms with Gasteiger partial charge in [0.25, 0.3) is 0 Å². The van der Waals surface area contributed by atoms with Crippen molar-refractivity contribution in [2.45, 2.75) is 39.0 Å². The van der Waals surface area contributed by atoms with Crippen LogP contribution in [0, 0.1) is 0 Å². The van der Waals surface area contributed by atoms with Crippen molar-refractivity contribution in [3.63, 3.8) is 0 Å². The molecule has 2 nitrogen and oxygen atoms in total. The molecule has 19 heavy (non-hydrogen) atoms. The summed E-state index contributed by atoms with van der Waals surface area (Å²) in [7, 11) is 0. The average Bonchev–Trinajstić information content (AvgIpc) is 2.66. The molecule has 0 bridgehead atoms. The third-order valence-electron chi connectivity index (χ3n) is 3.35. The molecule has 0 N–H and O–H groups in total. The molecule has 1 unspecified atom stereocenters. The zero-order chi connectivity index (χ0) is 13.9. The van der Waals surface area contributed by atoms with Crippen LogP contribution in [0.1, 0.15) is 26.3 Å². The van der Waals surface area contributed by atoms with E-state index < -0.39 is 0 Å². The summed E-state index contributed by atoms with van der Waals surface area (Å²) in [5.41, 5.74) is 1.04. The van der Waals surface area contributed by atoms with E-state index in [4.69, 9.17) is 17.0 Å². The molecule has 0 spiro atoms. The fourth-order valence-electron chi connectivity index (χ4n) is 2.48. The van der Waals surface area contributed by atoms with E-state index in [0.29, 0.717) is 6.04 Å². The van der Waals surface area contributed by atoms with Gasteiger partial charge in [-0.05, 0) is 31.6 Å². The summed E-state index contributed by atoms with van der Waals surface area (Å²) in [6.07, 6.45) is 0.981. The molecule has 4 heteroatoms. The van der Waals surface area contributed by atoms with Crippen molar-refractivity contribution in [3.05, 3.63) is 35.9 Å². The molecule has 0 amide bonds. The van der Waals surface area contributed by atoms with E-state index >= 15 is 0 Å². The van der Waals surface area contributed by atoms with Crippen LogP contribution in [0.25, 0.3) is 0 Å². The lowest BCUT2D eigenvalue weighted by Crippen LogP contribution is -2.46. The van der Waals surface area contributed by atoms with Crippen LogP contribution >= 0.6 is 24.0 Å². The van der Waals surface area contributed by atoms with Crippen molar-refractivity contribution < 1.29 is 4.74 Å². The number of thioether (sulfide) groups is 1. The Balaban J connectivity index is 2.13. The second-order valence-corrected chi connectivity index (χ2v) is 7.07. The van der Waals surface area contributed by atoms with Gasteiger partial charge >= 0.3 is 0 Å². The lowest BCUT2D eigenvalue weighted by atomic mass is 10.1. The van der Waals surface area contributed by atoms with E-state index in [-0.39, 0.29) is 5.72 Å². The van der Waals surface area contributed by atoms with E-state index in [1.807, 2.05) is 6.07 Å². The molecule has 1 saturated heterocycles. The third-order valence-corrected chi connectivity index (χ3v) is 4.64. The summed E-state index contributed by atoms with van der Waals surface area (Å²) in [6.45, 7) is 7.07. The minimum absolute atomic E-state index is 0.293. The maximum absolute atomic E-state index is 5.93. The van der Waals surface area contributed by atoms with Crippen LogP contribution in [0.2, 0.25) is 0 Å². The van der Waals surface area contributed by atoms with Gasteiger partial charge in [-0.15, -0.1) is 0 Å². The summed E-state index contributed by atoms with van der Waals surface area (Å²) in [6, 6.07) is 10.9. The van der Waals surface area contributed by atoms with Gasteiger partial charge in [-0.2, -0.15) is 0 Å². The Bertz CT molecular complexity index is 433. The Morgan fingerprint density at radius 3 is 2.74 bits per heavy atom. The molecular weight excluding hydrogens is 274 g/mol. The van der Waals surface area contributed by atoms with Crippen molar-refractivity contribution in [2.75, 3.05) is 12.4 Å². The molecule has 1 aliphatic heterocycles. The van der Waals surface area contributed by atoms with Gasteiger partial charge in [0.05, 0.1) is 12.6 Å². The van der Waals surface area contributed by atoms with Gasteiger partial charge in [0.2, 0.25) is 0 Å². The number of thiocarbonyl (C=S) groups is 1. The molecule has 1 aliphatic rings. The Morgan fingerprint density at radius 2 is 2.11 bits per heavy atom. The normalized spacial score (nSPS) is 21.6. The molecule has 1 aromatic rings. The number of benzene rings is 1. The number of ether oxygens (including phenoxy) is 1. The van der Waals surface area contributed by atoms with Crippen LogP contribution in [-0.2, 0) is 11.2 Å². The molecular formula is C15H21NOS2. The SMILES string of the molecule is CCSC(=S)N1C(Cc2ccccc2)COC1(C)C. The standard InChI is InChI=1S/C15H21NOS2/c1-4-19-14(18)16-13(11-17-15(16,2)3)10-12-8-6-5-7-9-12/h5-9,13H,4,10-11H2,1-3H3. The zero-order valence-electron chi connectivity index (χ0n) is 11.8. The van der Waals surface area contributed by atoms with Crippen molar-refractivity contribution in [1.82, 2.24) is 4.90 Å². The van der Waals surface area contributed by atoms with E-state index in [2.05, 4.69) is 49.9 Å². The molecule has 1 aromatic carbocycles. The summed E-state index contributed by atoms with van der Waals surface area (Å²) in [5.74, 6) is 1.00. The van der Waals surface area contributed by atoms with Gasteiger partial charge in [0.15, 0.2) is 0 Å². The van der Waals surface area contributed by atoms with Crippen molar-refractivity contribution in [3.8, 4) is 0 Å². The lowest BCUT2D eigenvalue weighted by Gasteiger charge is -2.35. The maximum atomic E-state index is 5.93. The quantitative estimate of drug-likeness (QED) is 0.788. The van der Waals surface area contributed by atoms with E-state index in [0.717, 1.165) is 23.1 Å². The zero-order valence-corrected chi connectivity index (χ0v) is 13.4. The monoisotopic (exact) mass is 295 g/mol.